The van der Waals surface area contributed by atoms with Crippen LogP contribution in [0.4, 0.5) is 0 Å². The summed E-state index contributed by atoms with van der Waals surface area (Å²) in [6, 6.07) is 0.759. The van der Waals surface area contributed by atoms with Crippen LogP contribution in [0.5, 0.6) is 11.5 Å². The zero-order valence-corrected chi connectivity index (χ0v) is 23.6. The number of phenolic OH excluding ortho intramolecular Hbond substituents is 1. The van der Waals surface area contributed by atoms with E-state index in [2.05, 4.69) is 18.7 Å². The van der Waals surface area contributed by atoms with Crippen molar-refractivity contribution in [2.24, 2.45) is 29.4 Å². The number of carbonyl (C=O) groups excluding carboxylic acids is 4. The molecule has 1 amide bonds. The largest absolute Gasteiger partial charge is 0.507 e. The first-order chi connectivity index (χ1) is 18.8. The minimum Gasteiger partial charge on any atom is -0.507 e. The number of primary amides is 1. The van der Waals surface area contributed by atoms with Crippen molar-refractivity contribution in [3.63, 3.8) is 0 Å². The maximum atomic E-state index is 14.0. The molecule has 5 rings (SSSR count). The molecule has 0 radical (unpaired) electrons. The second-order valence-corrected chi connectivity index (χ2v) is 12.2. The molecule has 1 heterocycles. The van der Waals surface area contributed by atoms with Gasteiger partial charge in [-0.3, -0.25) is 29.0 Å². The molecule has 1 aromatic carbocycles. The molecule has 3 fully saturated rings. The fourth-order valence-corrected chi connectivity index (χ4v) is 7.96. The second-order valence-electron chi connectivity index (χ2n) is 12.2. The van der Waals surface area contributed by atoms with E-state index in [1.165, 1.54) is 12.0 Å². The third kappa shape index (κ3) is 3.77. The number of phenols is 1. The lowest BCUT2D eigenvalue weighted by Gasteiger charge is -2.53. The Kier molecular flexibility index (Phi) is 6.91. The molecule has 0 bridgehead atoms. The number of carbonyl (C=O) groups is 4. The number of ketones is 3. The molecule has 0 aromatic heterocycles. The number of nitrogens with one attached hydrogen (secondary N) is 1. The summed E-state index contributed by atoms with van der Waals surface area (Å²) < 4.78 is 5.88. The van der Waals surface area contributed by atoms with Crippen LogP contribution in [0.2, 0.25) is 0 Å². The van der Waals surface area contributed by atoms with Crippen molar-refractivity contribution < 1.29 is 34.1 Å². The van der Waals surface area contributed by atoms with Crippen LogP contribution in [-0.4, -0.2) is 94.4 Å². The quantitative estimate of drug-likeness (QED) is 0.385. The Balaban J connectivity index is 1.63. The van der Waals surface area contributed by atoms with Gasteiger partial charge in [-0.1, -0.05) is 0 Å². The standard InChI is InChI=1S/C29H38N4O7/c1-12(2)33-8-6-7-17(33)14-11-18(34)20-15(25(14)40-5)9-13-10-16-22(32(3)4)24(36)21(28(31)38)26(30)29(16,39)27(37)19(13)23(20)35/h11-13,16-17,19,21-22,30,34,39H,6-10H2,1-5H3,(H2,31,38). The third-order valence-corrected chi connectivity index (χ3v) is 9.62. The van der Waals surface area contributed by atoms with E-state index < -0.39 is 64.3 Å². The van der Waals surface area contributed by atoms with Gasteiger partial charge >= 0.3 is 0 Å². The van der Waals surface area contributed by atoms with Gasteiger partial charge in [0.2, 0.25) is 5.91 Å². The topological polar surface area (TPSA) is 174 Å². The summed E-state index contributed by atoms with van der Waals surface area (Å²) in [6.45, 7) is 5.12. The van der Waals surface area contributed by atoms with E-state index >= 15 is 0 Å². The van der Waals surface area contributed by atoms with Crippen LogP contribution in [0.3, 0.4) is 0 Å². The third-order valence-electron chi connectivity index (χ3n) is 9.62. The molecular formula is C29H38N4O7. The number of likely N-dealkylation sites (N-methyl/N-ethyl adjacent to an activating group) is 1. The van der Waals surface area contributed by atoms with Crippen molar-refractivity contribution in [2.45, 2.75) is 63.3 Å². The highest BCUT2D eigenvalue weighted by Crippen LogP contribution is 2.53. The Morgan fingerprint density at radius 1 is 1.27 bits per heavy atom. The predicted octanol–water partition coefficient (Wildman–Crippen LogP) is 0.872. The molecule has 1 aliphatic heterocycles. The number of fused-ring (bicyclic) bond motifs is 3. The van der Waals surface area contributed by atoms with E-state index in [4.69, 9.17) is 15.9 Å². The summed E-state index contributed by atoms with van der Waals surface area (Å²) in [5.41, 5.74) is 3.45. The molecule has 7 atom stereocenters. The van der Waals surface area contributed by atoms with Crippen LogP contribution in [0.15, 0.2) is 6.07 Å². The normalized spacial score (nSPS) is 34.2. The fraction of sp³-hybridized carbons (Fsp3) is 0.621. The fourth-order valence-electron chi connectivity index (χ4n) is 7.96. The van der Waals surface area contributed by atoms with E-state index in [9.17, 15) is 29.4 Å². The SMILES string of the molecule is COc1c(C2CCCN2C(C)C)cc(O)c2c1CC1CC3C(N(C)C)C(=O)C(C(N)=O)C(=N)C3(O)C(=O)C1C2=O. The van der Waals surface area contributed by atoms with Gasteiger partial charge in [-0.05, 0) is 72.2 Å². The van der Waals surface area contributed by atoms with Crippen LogP contribution < -0.4 is 10.5 Å². The van der Waals surface area contributed by atoms with Gasteiger partial charge in [-0.15, -0.1) is 0 Å². The molecule has 11 heteroatoms. The minimum absolute atomic E-state index is 0.00246. The number of aromatic hydroxyl groups is 1. The smallest absolute Gasteiger partial charge is 0.233 e. The van der Waals surface area contributed by atoms with Crippen LogP contribution in [0.1, 0.15) is 60.6 Å². The highest BCUT2D eigenvalue weighted by molar-refractivity contribution is 6.33. The monoisotopic (exact) mass is 554 g/mol. The number of amides is 1. The molecule has 216 valence electrons. The first-order valence-corrected chi connectivity index (χ1v) is 13.8. The summed E-state index contributed by atoms with van der Waals surface area (Å²) in [4.78, 5) is 57.4. The minimum atomic E-state index is -2.52. The van der Waals surface area contributed by atoms with Gasteiger partial charge in [0.25, 0.3) is 0 Å². The molecule has 7 unspecified atom stereocenters. The van der Waals surface area contributed by atoms with Crippen LogP contribution in [0, 0.1) is 29.1 Å². The molecule has 1 aromatic rings. The lowest BCUT2D eigenvalue weighted by atomic mass is 9.52. The highest BCUT2D eigenvalue weighted by atomic mass is 16.5. The van der Waals surface area contributed by atoms with E-state index in [0.29, 0.717) is 11.3 Å². The molecule has 4 aliphatic rings. The first kappa shape index (κ1) is 28.4. The summed E-state index contributed by atoms with van der Waals surface area (Å²) in [6.07, 6.45) is 2.15. The Labute approximate surface area is 233 Å². The number of benzene rings is 1. The van der Waals surface area contributed by atoms with Gasteiger partial charge in [0.15, 0.2) is 23.0 Å². The Bertz CT molecular complexity index is 1320. The van der Waals surface area contributed by atoms with E-state index in [0.717, 1.165) is 24.9 Å². The average molecular weight is 555 g/mol. The molecule has 11 nitrogen and oxygen atoms in total. The Morgan fingerprint density at radius 2 is 1.95 bits per heavy atom. The van der Waals surface area contributed by atoms with Gasteiger partial charge in [-0.2, -0.15) is 0 Å². The van der Waals surface area contributed by atoms with Crippen molar-refractivity contribution in [1.29, 1.82) is 5.41 Å². The molecular weight excluding hydrogens is 516 g/mol. The summed E-state index contributed by atoms with van der Waals surface area (Å²) in [7, 11) is 4.73. The van der Waals surface area contributed by atoms with Gasteiger partial charge < -0.3 is 26.1 Å². The lowest BCUT2D eigenvalue weighted by molar-refractivity contribution is -0.157. The highest BCUT2D eigenvalue weighted by Gasteiger charge is 2.67. The number of hydrogen-bond donors (Lipinski definition) is 4. The lowest BCUT2D eigenvalue weighted by Crippen LogP contribution is -2.73. The van der Waals surface area contributed by atoms with Gasteiger partial charge in [0, 0.05) is 29.1 Å². The molecule has 2 saturated carbocycles. The number of methoxy groups -OCH3 is 1. The number of nitrogens with two attached hydrogens (primary N) is 1. The molecule has 0 spiro atoms. The van der Waals surface area contributed by atoms with Crippen molar-refractivity contribution in [3.8, 4) is 11.5 Å². The van der Waals surface area contributed by atoms with Gasteiger partial charge in [0.05, 0.1) is 30.3 Å². The summed E-state index contributed by atoms with van der Waals surface area (Å²) in [5.74, 6) is -7.85. The maximum absolute atomic E-state index is 14.0. The van der Waals surface area contributed by atoms with E-state index in [1.807, 2.05) is 0 Å². The van der Waals surface area contributed by atoms with E-state index in [-0.39, 0.29) is 36.2 Å². The predicted molar refractivity (Wildman–Crippen MR) is 144 cm³/mol. The summed E-state index contributed by atoms with van der Waals surface area (Å²) in [5, 5.41) is 31.6. The van der Waals surface area contributed by atoms with Crippen molar-refractivity contribution in [3.05, 3.63) is 22.8 Å². The number of ether oxygens (including phenoxy) is 1. The molecule has 1 saturated heterocycles. The number of nitrogens with zero attached hydrogens (tertiary/aromatic N) is 2. The van der Waals surface area contributed by atoms with Gasteiger partial charge in [-0.25, -0.2) is 0 Å². The molecule has 40 heavy (non-hydrogen) atoms. The Hall–Kier alpha value is -3.15. The number of aliphatic hydroxyl groups is 1. The number of likely N-dealkylation sites (tertiary alicyclic amines) is 1. The molecule has 5 N–H and O–H groups in total. The van der Waals surface area contributed by atoms with Crippen molar-refractivity contribution >= 4 is 29.0 Å². The van der Waals surface area contributed by atoms with Crippen LogP contribution in [-0.2, 0) is 20.8 Å². The summed E-state index contributed by atoms with van der Waals surface area (Å²) >= 11 is 0. The first-order valence-electron chi connectivity index (χ1n) is 13.8. The number of rotatable bonds is 5. The zero-order chi connectivity index (χ0) is 29.4. The number of hydrogen-bond acceptors (Lipinski definition) is 10. The van der Waals surface area contributed by atoms with Gasteiger partial charge in [0.1, 0.15) is 17.4 Å². The van der Waals surface area contributed by atoms with Crippen LogP contribution in [0.25, 0.3) is 0 Å². The van der Waals surface area contributed by atoms with Crippen LogP contribution >= 0.6 is 0 Å². The van der Waals surface area contributed by atoms with E-state index in [1.54, 1.807) is 20.2 Å². The number of Topliss-reactive ketones (excluding diaryl/α,β-unsaturated/α-hetero) is 3. The van der Waals surface area contributed by atoms with Crippen molar-refractivity contribution in [2.75, 3.05) is 27.7 Å². The second kappa shape index (κ2) is 9.74. The zero-order valence-electron chi connectivity index (χ0n) is 23.6. The Morgan fingerprint density at radius 3 is 2.52 bits per heavy atom. The maximum Gasteiger partial charge on any atom is 0.233 e. The average Bonchev–Trinajstić information content (AvgIpc) is 3.36. The molecule has 3 aliphatic carbocycles. The van der Waals surface area contributed by atoms with Crippen molar-refractivity contribution in [1.82, 2.24) is 9.80 Å².